The number of carbonyl (C=O) groups excluding carboxylic acids is 1. The summed E-state index contributed by atoms with van der Waals surface area (Å²) in [6.07, 6.45) is 7.95. The minimum atomic E-state index is -0.756. The van der Waals surface area contributed by atoms with E-state index >= 15 is 0 Å². The number of carboxylic acid groups (broad SMARTS) is 1. The number of thiophene rings is 2. The fourth-order valence-corrected chi connectivity index (χ4v) is 11.4. The lowest BCUT2D eigenvalue weighted by atomic mass is 9.99. The number of likely N-dealkylation sites (tertiary alicyclic amines) is 2. The zero-order valence-corrected chi connectivity index (χ0v) is 44.8. The van der Waals surface area contributed by atoms with Crippen LogP contribution in [0, 0.1) is 11.8 Å². The Labute approximate surface area is 447 Å². The number of hydrogen-bond acceptors (Lipinski definition) is 13. The number of aliphatic hydroxyl groups excluding tert-OH is 2. The Kier molecular flexibility index (Phi) is 17.6. The van der Waals surface area contributed by atoms with Gasteiger partial charge in [0, 0.05) is 66.1 Å². The van der Waals surface area contributed by atoms with Crippen molar-refractivity contribution < 1.29 is 34.4 Å². The zero-order valence-electron chi connectivity index (χ0n) is 40.8. The van der Waals surface area contributed by atoms with E-state index in [1.54, 1.807) is 22.7 Å². The quantitative estimate of drug-likeness (QED) is 0.0552. The van der Waals surface area contributed by atoms with Gasteiger partial charge in [0.15, 0.2) is 0 Å². The third kappa shape index (κ3) is 13.6. The number of nitrogens with two attached hydrogens (primary N) is 1. The summed E-state index contributed by atoms with van der Waals surface area (Å²) in [6, 6.07) is 32.0. The molecule has 0 spiro atoms. The molecule has 6 aliphatic rings. The average Bonchev–Trinajstić information content (AvgIpc) is 4.00. The molecule has 0 unspecified atom stereocenters. The van der Waals surface area contributed by atoms with E-state index in [1.807, 2.05) is 48.5 Å². The SMILES string of the molecule is I.N[C@H](CN1CCC1)[C@H](O)c1ccc(OC2CC2)cc1.O=C(N[C@H](CN1CCC1)[C@H](O)c1ccc(OC2CC2)cc1)[C@@H]1CCN(c2ccc3ccsc3c2)C1.O=C(O)[C@@H]1CCN(c2ccc3ccsc3c2)C1. The summed E-state index contributed by atoms with van der Waals surface area (Å²) in [4.78, 5) is 33.3. The lowest BCUT2D eigenvalue weighted by molar-refractivity contribution is -0.141. The van der Waals surface area contributed by atoms with Crippen molar-refractivity contribution in [3.63, 3.8) is 0 Å². The van der Waals surface area contributed by atoms with Gasteiger partial charge in [-0.05, 0) is 171 Å². The van der Waals surface area contributed by atoms with Gasteiger partial charge in [-0.1, -0.05) is 36.4 Å². The molecule has 4 aromatic carbocycles. The molecule has 0 bridgehead atoms. The minimum Gasteiger partial charge on any atom is -0.490 e. The van der Waals surface area contributed by atoms with E-state index in [-0.39, 0.29) is 53.8 Å². The highest BCUT2D eigenvalue weighted by Gasteiger charge is 2.34. The Morgan fingerprint density at radius 3 is 1.54 bits per heavy atom. The minimum absolute atomic E-state index is 0. The van der Waals surface area contributed by atoms with Gasteiger partial charge in [0.05, 0.1) is 36.2 Å². The first kappa shape index (κ1) is 52.3. The maximum Gasteiger partial charge on any atom is 0.308 e. The average molecular weight is 1130 g/mol. The molecule has 2 saturated carbocycles. The number of fused-ring (bicyclic) bond motifs is 2. The van der Waals surface area contributed by atoms with Crippen molar-refractivity contribution in [2.24, 2.45) is 17.6 Å². The number of nitrogens with one attached hydrogen (secondary N) is 1. The third-order valence-corrected chi connectivity index (χ3v) is 16.5. The number of carbonyl (C=O) groups is 2. The van der Waals surface area contributed by atoms with E-state index in [1.165, 1.54) is 38.7 Å². The highest BCUT2D eigenvalue weighted by molar-refractivity contribution is 14.0. The van der Waals surface area contributed by atoms with Crippen LogP contribution in [0.15, 0.2) is 108 Å². The highest BCUT2D eigenvalue weighted by Crippen LogP contribution is 2.33. The second-order valence-electron chi connectivity index (χ2n) is 20.2. The summed E-state index contributed by atoms with van der Waals surface area (Å²) >= 11 is 3.47. The van der Waals surface area contributed by atoms with Gasteiger partial charge in [0.25, 0.3) is 0 Å². The van der Waals surface area contributed by atoms with Crippen LogP contribution in [0.2, 0.25) is 0 Å². The first-order chi connectivity index (χ1) is 34.6. The standard InChI is InChI=1S/C28H33N3O3S.C15H22N2O2.C13H13NO2S.HI/c32-27(20-3-6-23(7-4-20)34-24-8-9-24)25(18-30-12-1-13-30)29-28(33)21-10-14-31(17-21)22-5-2-19-11-15-35-26(19)16-22;16-14(10-17-8-1-9-17)15(18)11-2-4-12(5-3-11)19-13-6-7-13;15-13(16)10-3-5-14(8-10)11-2-1-9-4-6-17-12(9)7-11;/h2-7,11,15-16,21,24-25,27,32H,1,8-10,12-14,17-18H2,(H,29,33);2-5,13-15,18H,1,6-10,16H2;1-2,4,6-7,10H,3,5,8H2,(H,15,16);1H/t21-,25-,27-;14-,15-;10-;/m111./s1. The summed E-state index contributed by atoms with van der Waals surface area (Å²) < 4.78 is 14.1. The number of halogens is 1. The van der Waals surface area contributed by atoms with E-state index in [0.29, 0.717) is 31.8 Å². The number of anilines is 2. The molecule has 6 atom stereocenters. The molecular weight excluding hydrogens is 1060 g/mol. The molecule has 6 heterocycles. The normalized spacial score (nSPS) is 21.4. The van der Waals surface area contributed by atoms with Gasteiger partial charge in [0.2, 0.25) is 5.91 Å². The van der Waals surface area contributed by atoms with Crippen LogP contribution in [0.5, 0.6) is 11.5 Å². The number of amides is 1. The molecule has 16 heteroatoms. The Balaban J connectivity index is 0.000000146. The van der Waals surface area contributed by atoms with Gasteiger partial charge < -0.3 is 55.4 Å². The van der Waals surface area contributed by atoms with Crippen LogP contribution in [0.25, 0.3) is 20.2 Å². The molecule has 72 heavy (non-hydrogen) atoms. The molecule has 6 N–H and O–H groups in total. The number of benzene rings is 4. The topological polar surface area (TPSA) is 164 Å². The number of carboxylic acids is 1. The lowest BCUT2D eigenvalue weighted by Gasteiger charge is -2.36. The molecule has 12 rings (SSSR count). The molecular formula is C56H69IN6O7S2. The summed E-state index contributed by atoms with van der Waals surface area (Å²) in [5.41, 5.74) is 10.1. The Morgan fingerprint density at radius 1 is 0.611 bits per heavy atom. The maximum absolute atomic E-state index is 13.3. The van der Waals surface area contributed by atoms with Gasteiger partial charge in [-0.3, -0.25) is 9.59 Å². The smallest absolute Gasteiger partial charge is 0.308 e. The van der Waals surface area contributed by atoms with Crippen molar-refractivity contribution in [2.45, 2.75) is 87.9 Å². The van der Waals surface area contributed by atoms with E-state index in [4.69, 9.17) is 20.3 Å². The second-order valence-corrected chi connectivity index (χ2v) is 22.1. The number of aliphatic carboxylic acids is 1. The van der Waals surface area contributed by atoms with Crippen molar-refractivity contribution in [1.29, 1.82) is 0 Å². The van der Waals surface area contributed by atoms with Crippen molar-refractivity contribution in [1.82, 2.24) is 15.1 Å². The Morgan fingerprint density at radius 2 is 1.08 bits per heavy atom. The van der Waals surface area contributed by atoms with Crippen LogP contribution in [0.4, 0.5) is 11.4 Å². The van der Waals surface area contributed by atoms with E-state index in [2.05, 4.69) is 84.2 Å². The summed E-state index contributed by atoms with van der Waals surface area (Å²) in [6.45, 7) is 8.74. The molecule has 6 aromatic rings. The number of ether oxygens (including phenoxy) is 2. The molecule has 4 saturated heterocycles. The number of hydrogen-bond donors (Lipinski definition) is 5. The van der Waals surface area contributed by atoms with E-state index in [9.17, 15) is 19.8 Å². The van der Waals surface area contributed by atoms with Crippen LogP contribution >= 0.6 is 46.7 Å². The van der Waals surface area contributed by atoms with Crippen LogP contribution in [0.3, 0.4) is 0 Å². The van der Waals surface area contributed by atoms with Crippen molar-refractivity contribution in [3.8, 4) is 11.5 Å². The third-order valence-electron chi connectivity index (χ3n) is 14.7. The van der Waals surface area contributed by atoms with Gasteiger partial charge in [-0.25, -0.2) is 0 Å². The van der Waals surface area contributed by atoms with Gasteiger partial charge in [0.1, 0.15) is 17.6 Å². The van der Waals surface area contributed by atoms with Crippen LogP contribution in [-0.4, -0.2) is 127 Å². The summed E-state index contributed by atoms with van der Waals surface area (Å²) in [7, 11) is 0. The van der Waals surface area contributed by atoms with Gasteiger partial charge >= 0.3 is 5.97 Å². The van der Waals surface area contributed by atoms with Crippen LogP contribution in [0.1, 0.15) is 74.7 Å². The van der Waals surface area contributed by atoms with Crippen LogP contribution in [-0.2, 0) is 9.59 Å². The Bertz CT molecular complexity index is 2710. The molecule has 384 valence electrons. The molecule has 4 aliphatic heterocycles. The fraction of sp³-hybridized carbons (Fsp3) is 0.464. The van der Waals surface area contributed by atoms with Gasteiger partial charge in [-0.15, -0.1) is 46.7 Å². The molecule has 0 radical (unpaired) electrons. The predicted molar refractivity (Wildman–Crippen MR) is 299 cm³/mol. The second kappa shape index (κ2) is 24.2. The van der Waals surface area contributed by atoms with Crippen molar-refractivity contribution >= 4 is 90.1 Å². The van der Waals surface area contributed by atoms with E-state index in [0.717, 1.165) is 113 Å². The predicted octanol–water partition coefficient (Wildman–Crippen LogP) is 8.92. The number of rotatable bonds is 17. The summed E-state index contributed by atoms with van der Waals surface area (Å²) in [5.74, 6) is 0.810. The molecule has 13 nitrogen and oxygen atoms in total. The Hall–Kier alpha value is -4.53. The molecule has 2 aliphatic carbocycles. The monoisotopic (exact) mass is 1130 g/mol. The number of aliphatic hydroxyl groups is 2. The summed E-state index contributed by atoms with van der Waals surface area (Å²) in [5, 5.41) is 40.4. The molecule has 2 aromatic heterocycles. The zero-order chi connectivity index (χ0) is 48.8. The van der Waals surface area contributed by atoms with E-state index < -0.39 is 18.2 Å². The first-order valence-electron chi connectivity index (χ1n) is 25.7. The van der Waals surface area contributed by atoms with Gasteiger partial charge in [-0.2, -0.15) is 0 Å². The van der Waals surface area contributed by atoms with Crippen molar-refractivity contribution in [3.05, 3.63) is 119 Å². The number of nitrogens with zero attached hydrogens (tertiary/aromatic N) is 4. The first-order valence-corrected chi connectivity index (χ1v) is 27.4. The van der Waals surface area contributed by atoms with Crippen molar-refractivity contribution in [2.75, 3.05) is 75.2 Å². The molecule has 1 amide bonds. The maximum atomic E-state index is 13.3. The fourth-order valence-electron chi connectivity index (χ4n) is 9.74. The molecule has 6 fully saturated rings. The largest absolute Gasteiger partial charge is 0.490 e. The van der Waals surface area contributed by atoms with Crippen LogP contribution < -0.4 is 30.3 Å². The highest BCUT2D eigenvalue weighted by atomic mass is 127. The lowest BCUT2D eigenvalue weighted by Crippen LogP contribution is -2.52.